The lowest BCUT2D eigenvalue weighted by molar-refractivity contribution is -0.0316. The highest BCUT2D eigenvalue weighted by Gasteiger charge is 2.52. The fourth-order valence-electron chi connectivity index (χ4n) is 5.94. The molecule has 3 aliphatic rings. The molecular weight excluding hydrogens is 462 g/mol. The average Bonchev–Trinajstić information content (AvgIpc) is 3.32. The largest absolute Gasteiger partial charge is 0.504 e. The summed E-state index contributed by atoms with van der Waals surface area (Å²) in [4.78, 5) is 28.1. The Kier molecular flexibility index (Phi) is 6.30. The van der Waals surface area contributed by atoms with Gasteiger partial charge in [0.05, 0.1) is 11.7 Å². The molecule has 0 unspecified atom stereocenters. The molecule has 1 aliphatic carbocycles. The number of benzene rings is 2. The Morgan fingerprint density at radius 1 is 1.17 bits per heavy atom. The molecule has 1 saturated carbocycles. The first-order chi connectivity index (χ1) is 17.2. The molecule has 0 saturated heterocycles. The number of aliphatic hydroxyl groups is 1. The minimum Gasteiger partial charge on any atom is -0.504 e. The smallest absolute Gasteiger partial charge is 0.255 e. The Balaban J connectivity index is 1.43. The van der Waals surface area contributed by atoms with E-state index in [4.69, 9.17) is 9.47 Å². The first-order valence-corrected chi connectivity index (χ1v) is 12.3. The number of amides is 2. The molecule has 9 nitrogen and oxygen atoms in total. The number of ether oxygens (including phenoxy) is 2. The van der Waals surface area contributed by atoms with Gasteiger partial charge in [0.25, 0.3) is 11.8 Å². The molecule has 2 heterocycles. The topological polar surface area (TPSA) is 120 Å². The molecule has 0 spiro atoms. The van der Waals surface area contributed by atoms with Crippen molar-refractivity contribution in [3.05, 3.63) is 52.6 Å². The number of nitrogens with one attached hydrogen (secondary N) is 2. The summed E-state index contributed by atoms with van der Waals surface area (Å²) in [5.74, 6) is -1.18. The highest BCUT2D eigenvalue weighted by molar-refractivity contribution is 6.01. The lowest BCUT2D eigenvalue weighted by Gasteiger charge is -2.51. The third-order valence-electron chi connectivity index (χ3n) is 7.99. The predicted octanol–water partition coefficient (Wildman–Crippen LogP) is 2.07. The Bertz CT molecular complexity index is 1180. The summed E-state index contributed by atoms with van der Waals surface area (Å²) < 4.78 is 10.9. The number of fused-ring (bicyclic) bond motifs is 4. The molecule has 36 heavy (non-hydrogen) atoms. The molecule has 5 rings (SSSR count). The number of aliphatic hydroxyl groups excluding tert-OH is 1. The normalized spacial score (nSPS) is 28.3. The van der Waals surface area contributed by atoms with Crippen molar-refractivity contribution >= 4 is 11.8 Å². The monoisotopic (exact) mass is 495 g/mol. The maximum atomic E-state index is 13.0. The van der Waals surface area contributed by atoms with Gasteiger partial charge in [0.1, 0.15) is 0 Å². The number of nitrogens with zero attached hydrogens (tertiary/aromatic N) is 1. The van der Waals surface area contributed by atoms with Crippen molar-refractivity contribution in [1.29, 1.82) is 0 Å². The third-order valence-corrected chi connectivity index (χ3v) is 7.99. The van der Waals surface area contributed by atoms with Gasteiger partial charge in [0.2, 0.25) is 12.5 Å². The number of hydrogen-bond acceptors (Lipinski definition) is 7. The van der Waals surface area contributed by atoms with Gasteiger partial charge in [0, 0.05) is 36.5 Å². The van der Waals surface area contributed by atoms with Crippen LogP contribution >= 0.6 is 0 Å². The van der Waals surface area contributed by atoms with Gasteiger partial charge in [-0.15, -0.1) is 0 Å². The van der Waals surface area contributed by atoms with Crippen LogP contribution in [0.4, 0.5) is 0 Å². The minimum atomic E-state index is -0.723. The molecule has 6 atom stereocenters. The zero-order chi connectivity index (χ0) is 25.7. The highest BCUT2D eigenvalue weighted by Crippen LogP contribution is 2.52. The van der Waals surface area contributed by atoms with Crippen LogP contribution in [0.3, 0.4) is 0 Å². The molecule has 2 aliphatic heterocycles. The first kappa shape index (κ1) is 24.4. The molecule has 192 valence electrons. The average molecular weight is 496 g/mol. The Hall–Kier alpha value is -3.30. The van der Waals surface area contributed by atoms with Gasteiger partial charge in [0.15, 0.2) is 11.5 Å². The molecule has 4 N–H and O–H groups in total. The summed E-state index contributed by atoms with van der Waals surface area (Å²) in [6.07, 6.45) is -0.723. The Morgan fingerprint density at radius 3 is 2.58 bits per heavy atom. The van der Waals surface area contributed by atoms with E-state index in [-0.39, 0.29) is 66.0 Å². The van der Waals surface area contributed by atoms with Gasteiger partial charge in [-0.2, -0.15) is 0 Å². The molecule has 0 bridgehead atoms. The van der Waals surface area contributed by atoms with Crippen LogP contribution in [0, 0.1) is 17.8 Å². The number of hydrogen-bond donors (Lipinski definition) is 4. The van der Waals surface area contributed by atoms with Crippen LogP contribution in [0.15, 0.2) is 30.3 Å². The van der Waals surface area contributed by atoms with Gasteiger partial charge >= 0.3 is 0 Å². The molecule has 1 fully saturated rings. The number of phenols is 1. The molecular formula is C27H33N3O6. The molecule has 0 radical (unpaired) electrons. The maximum absolute atomic E-state index is 13.0. The van der Waals surface area contributed by atoms with E-state index in [1.165, 1.54) is 0 Å². The van der Waals surface area contributed by atoms with E-state index in [0.717, 1.165) is 12.1 Å². The van der Waals surface area contributed by atoms with Crippen LogP contribution in [0.1, 0.15) is 51.6 Å². The van der Waals surface area contributed by atoms with Crippen LogP contribution < -0.4 is 20.1 Å². The zero-order valence-corrected chi connectivity index (χ0v) is 20.9. The fourth-order valence-corrected chi connectivity index (χ4v) is 5.94. The van der Waals surface area contributed by atoms with Gasteiger partial charge < -0.3 is 35.2 Å². The maximum Gasteiger partial charge on any atom is 0.255 e. The number of phenolic OH excluding ortho intramolecular Hbond substituents is 1. The van der Waals surface area contributed by atoms with Gasteiger partial charge in [-0.25, -0.2) is 0 Å². The highest BCUT2D eigenvalue weighted by atomic mass is 16.7. The molecule has 2 aromatic rings. The SMILES string of the molecule is C[C@@H]1[C@H](C)[C@@H](O)[C@H](CNC(=O)c2ccc(CN(C)C)cc2)[C@@H]2c3cc4c(c(O)c3C(=O)N[C@@H]12)OCO4. The molecule has 2 aromatic carbocycles. The van der Waals surface area contributed by atoms with Gasteiger partial charge in [-0.05, 0) is 55.3 Å². The summed E-state index contributed by atoms with van der Waals surface area (Å²) >= 11 is 0. The summed E-state index contributed by atoms with van der Waals surface area (Å²) in [6, 6.07) is 8.93. The van der Waals surface area contributed by atoms with E-state index in [1.54, 1.807) is 18.2 Å². The van der Waals surface area contributed by atoms with Crippen molar-refractivity contribution in [3.63, 3.8) is 0 Å². The first-order valence-electron chi connectivity index (χ1n) is 12.3. The van der Waals surface area contributed by atoms with Gasteiger partial charge in [-0.1, -0.05) is 26.0 Å². The van der Waals surface area contributed by atoms with E-state index in [2.05, 4.69) is 15.5 Å². The number of carbonyl (C=O) groups is 2. The van der Waals surface area contributed by atoms with Crippen LogP contribution in [-0.2, 0) is 6.54 Å². The number of aromatic hydroxyl groups is 1. The van der Waals surface area contributed by atoms with Crippen molar-refractivity contribution in [2.24, 2.45) is 17.8 Å². The summed E-state index contributed by atoms with van der Waals surface area (Å²) in [5, 5.41) is 28.2. The van der Waals surface area contributed by atoms with E-state index in [9.17, 15) is 19.8 Å². The number of rotatable bonds is 5. The van der Waals surface area contributed by atoms with Crippen molar-refractivity contribution in [2.75, 3.05) is 27.4 Å². The Morgan fingerprint density at radius 2 is 1.89 bits per heavy atom. The minimum absolute atomic E-state index is 0.0224. The fraction of sp³-hybridized carbons (Fsp3) is 0.481. The van der Waals surface area contributed by atoms with E-state index >= 15 is 0 Å². The van der Waals surface area contributed by atoms with Crippen LogP contribution in [-0.4, -0.2) is 66.5 Å². The second-order valence-corrected chi connectivity index (χ2v) is 10.5. The summed E-state index contributed by atoms with van der Waals surface area (Å²) in [5.41, 5.74) is 2.40. The second-order valence-electron chi connectivity index (χ2n) is 10.5. The number of carbonyl (C=O) groups excluding carboxylic acids is 2. The standard InChI is InChI=1S/C27H33N3O6/c1-13-14(2)23(31)18(10-28-26(33)16-7-5-15(6-8-16)11-30(3)4)20-17-9-19-25(36-12-35-19)24(32)21(17)27(34)29-22(13)20/h5-9,13-14,18,20,22-23,31-32H,10-12H2,1-4H3,(H,28,33)(H,29,34)/t13-,14+,18-,20+,22+,23-/m1/s1. The lowest BCUT2D eigenvalue weighted by atomic mass is 9.60. The van der Waals surface area contributed by atoms with Gasteiger partial charge in [-0.3, -0.25) is 9.59 Å². The van der Waals surface area contributed by atoms with Crippen molar-refractivity contribution < 1.29 is 29.3 Å². The third kappa shape index (κ3) is 4.06. The van der Waals surface area contributed by atoms with E-state index < -0.39 is 12.0 Å². The molecule has 0 aromatic heterocycles. The summed E-state index contributed by atoms with van der Waals surface area (Å²) in [6.45, 7) is 4.93. The van der Waals surface area contributed by atoms with Crippen molar-refractivity contribution in [2.45, 2.75) is 38.5 Å². The van der Waals surface area contributed by atoms with Crippen LogP contribution in [0.5, 0.6) is 17.2 Å². The van der Waals surface area contributed by atoms with Crippen molar-refractivity contribution in [3.8, 4) is 17.2 Å². The van der Waals surface area contributed by atoms with E-state index in [1.807, 2.05) is 40.1 Å². The Labute approximate surface area is 210 Å². The molecule has 9 heteroatoms. The summed E-state index contributed by atoms with van der Waals surface area (Å²) in [7, 11) is 3.98. The van der Waals surface area contributed by atoms with Crippen LogP contribution in [0.25, 0.3) is 0 Å². The second kappa shape index (κ2) is 9.29. The van der Waals surface area contributed by atoms with Crippen LogP contribution in [0.2, 0.25) is 0 Å². The zero-order valence-electron chi connectivity index (χ0n) is 20.9. The molecule has 2 amide bonds. The predicted molar refractivity (Wildman–Crippen MR) is 132 cm³/mol. The van der Waals surface area contributed by atoms with Crippen molar-refractivity contribution in [1.82, 2.24) is 15.5 Å². The van der Waals surface area contributed by atoms with E-state index in [0.29, 0.717) is 16.9 Å². The quantitative estimate of drug-likeness (QED) is 0.501. The lowest BCUT2D eigenvalue weighted by Crippen LogP contribution is -2.60.